The van der Waals surface area contributed by atoms with E-state index in [0.717, 1.165) is 12.1 Å². The van der Waals surface area contributed by atoms with E-state index in [1.807, 2.05) is 0 Å². The molecule has 118 valence electrons. The molecule has 0 saturated heterocycles. The maximum Gasteiger partial charge on any atom is 0.238 e. The van der Waals surface area contributed by atoms with Gasteiger partial charge < -0.3 is 0 Å². The summed E-state index contributed by atoms with van der Waals surface area (Å²) in [5.74, 6) is -10.5. The zero-order valence-electron chi connectivity index (χ0n) is 10.7. The SMILES string of the molecule is NS(=O)(=O)c1ccccc1Cc1c(F)c(F)c(F)c(F)c1F. The van der Waals surface area contributed by atoms with E-state index in [-0.39, 0.29) is 5.56 Å². The van der Waals surface area contributed by atoms with Gasteiger partial charge in [0.2, 0.25) is 15.8 Å². The first-order chi connectivity index (χ1) is 10.1. The number of hydrogen-bond acceptors (Lipinski definition) is 2. The molecule has 0 unspecified atom stereocenters. The summed E-state index contributed by atoms with van der Waals surface area (Å²) in [5, 5.41) is 4.95. The van der Waals surface area contributed by atoms with Crippen LogP contribution < -0.4 is 5.14 Å². The van der Waals surface area contributed by atoms with Gasteiger partial charge in [-0.25, -0.2) is 35.5 Å². The third kappa shape index (κ3) is 2.81. The van der Waals surface area contributed by atoms with Crippen LogP contribution in [0.4, 0.5) is 22.0 Å². The Morgan fingerprint density at radius 1 is 0.818 bits per heavy atom. The Balaban J connectivity index is 2.64. The molecule has 0 fully saturated rings. The summed E-state index contributed by atoms with van der Waals surface area (Å²) in [5.41, 5.74) is -1.32. The minimum absolute atomic E-state index is 0.187. The standard InChI is InChI=1S/C13H8F5NO2S/c14-9-7(10(15)12(17)13(18)11(9)16)5-6-3-1-2-4-8(6)22(19,20)21/h1-4H,5H2,(H2,19,20,21). The van der Waals surface area contributed by atoms with Crippen LogP contribution >= 0.6 is 0 Å². The molecule has 0 spiro atoms. The van der Waals surface area contributed by atoms with E-state index < -0.39 is 56.0 Å². The lowest BCUT2D eigenvalue weighted by Crippen LogP contribution is -2.15. The molecule has 0 aliphatic rings. The quantitative estimate of drug-likeness (QED) is 0.532. The van der Waals surface area contributed by atoms with Crippen LogP contribution in [0.2, 0.25) is 0 Å². The van der Waals surface area contributed by atoms with Gasteiger partial charge in [0.25, 0.3) is 0 Å². The Bertz CT molecular complexity index is 823. The van der Waals surface area contributed by atoms with Crippen molar-refractivity contribution in [1.29, 1.82) is 0 Å². The second kappa shape index (κ2) is 5.65. The lowest BCUT2D eigenvalue weighted by molar-refractivity contribution is 0.371. The normalized spacial score (nSPS) is 11.7. The molecule has 3 nitrogen and oxygen atoms in total. The van der Waals surface area contributed by atoms with Crippen LogP contribution in [-0.4, -0.2) is 8.42 Å². The van der Waals surface area contributed by atoms with Crippen LogP contribution in [0.15, 0.2) is 29.2 Å². The highest BCUT2D eigenvalue weighted by Gasteiger charge is 2.26. The van der Waals surface area contributed by atoms with Crippen LogP contribution in [0.1, 0.15) is 11.1 Å². The minimum atomic E-state index is -4.21. The average Bonchev–Trinajstić information content (AvgIpc) is 2.47. The molecule has 0 aliphatic carbocycles. The van der Waals surface area contributed by atoms with E-state index in [1.54, 1.807) is 0 Å². The van der Waals surface area contributed by atoms with Gasteiger partial charge in [-0.1, -0.05) is 18.2 Å². The predicted molar refractivity (Wildman–Crippen MR) is 66.9 cm³/mol. The van der Waals surface area contributed by atoms with Gasteiger partial charge in [-0.05, 0) is 11.6 Å². The fraction of sp³-hybridized carbons (Fsp3) is 0.0769. The summed E-state index contributed by atoms with van der Waals surface area (Å²) >= 11 is 0. The van der Waals surface area contributed by atoms with Gasteiger partial charge in [-0.3, -0.25) is 0 Å². The first-order valence-corrected chi connectivity index (χ1v) is 7.30. The average molecular weight is 337 g/mol. The number of sulfonamides is 1. The van der Waals surface area contributed by atoms with Gasteiger partial charge in [-0.15, -0.1) is 0 Å². The largest absolute Gasteiger partial charge is 0.238 e. The van der Waals surface area contributed by atoms with Crippen molar-refractivity contribution in [2.24, 2.45) is 5.14 Å². The molecular weight excluding hydrogens is 329 g/mol. The van der Waals surface area contributed by atoms with Gasteiger partial charge in [0.1, 0.15) is 0 Å². The molecule has 22 heavy (non-hydrogen) atoms. The Hall–Kier alpha value is -2.00. The molecule has 9 heteroatoms. The van der Waals surface area contributed by atoms with Gasteiger partial charge in [0, 0.05) is 12.0 Å². The van der Waals surface area contributed by atoms with Gasteiger partial charge in [0.05, 0.1) is 4.90 Å². The zero-order chi connectivity index (χ0) is 16.7. The summed E-state index contributed by atoms with van der Waals surface area (Å²) in [4.78, 5) is -0.459. The van der Waals surface area contributed by atoms with Crippen molar-refractivity contribution < 1.29 is 30.4 Å². The number of benzene rings is 2. The maximum absolute atomic E-state index is 13.6. The van der Waals surface area contributed by atoms with Crippen LogP contribution in [0, 0.1) is 29.1 Å². The molecular formula is C13H8F5NO2S. The molecule has 2 aromatic rings. The lowest BCUT2D eigenvalue weighted by Gasteiger charge is -2.11. The van der Waals surface area contributed by atoms with E-state index >= 15 is 0 Å². The zero-order valence-corrected chi connectivity index (χ0v) is 11.5. The highest BCUT2D eigenvalue weighted by atomic mass is 32.2. The van der Waals surface area contributed by atoms with Crippen molar-refractivity contribution in [3.05, 3.63) is 64.5 Å². The van der Waals surface area contributed by atoms with Gasteiger partial charge >= 0.3 is 0 Å². The number of rotatable bonds is 3. The van der Waals surface area contributed by atoms with Crippen LogP contribution in [-0.2, 0) is 16.4 Å². The van der Waals surface area contributed by atoms with Crippen molar-refractivity contribution in [1.82, 2.24) is 0 Å². The molecule has 0 bridgehead atoms. The molecule has 0 atom stereocenters. The number of nitrogens with two attached hydrogens (primary N) is 1. The Morgan fingerprint density at radius 3 is 1.77 bits per heavy atom. The fourth-order valence-corrected chi connectivity index (χ4v) is 2.70. The molecule has 2 N–H and O–H groups in total. The first-order valence-electron chi connectivity index (χ1n) is 5.75. The molecule has 2 aromatic carbocycles. The Labute approximate surface area is 122 Å². The molecule has 0 heterocycles. The highest BCUT2D eigenvalue weighted by molar-refractivity contribution is 7.89. The fourth-order valence-electron chi connectivity index (χ4n) is 1.92. The monoisotopic (exact) mass is 337 g/mol. The van der Waals surface area contributed by atoms with Gasteiger partial charge in [-0.2, -0.15) is 0 Å². The Kier molecular flexibility index (Phi) is 4.21. The maximum atomic E-state index is 13.6. The summed E-state index contributed by atoms with van der Waals surface area (Å²) < 4.78 is 89.2. The summed E-state index contributed by atoms with van der Waals surface area (Å²) in [6.45, 7) is 0. The van der Waals surface area contributed by atoms with E-state index in [2.05, 4.69) is 0 Å². The number of halogens is 5. The van der Waals surface area contributed by atoms with E-state index in [0.29, 0.717) is 0 Å². The lowest BCUT2D eigenvalue weighted by atomic mass is 10.0. The molecule has 0 saturated carbocycles. The Morgan fingerprint density at radius 2 is 1.27 bits per heavy atom. The predicted octanol–water partition coefficient (Wildman–Crippen LogP) is 2.62. The first kappa shape index (κ1) is 16.4. The third-order valence-corrected chi connectivity index (χ3v) is 3.96. The van der Waals surface area contributed by atoms with Crippen LogP contribution in [0.5, 0.6) is 0 Å². The van der Waals surface area contributed by atoms with Crippen molar-refractivity contribution in [3.63, 3.8) is 0 Å². The topological polar surface area (TPSA) is 60.2 Å². The molecule has 2 rings (SSSR count). The molecule has 0 aliphatic heterocycles. The second-order valence-corrected chi connectivity index (χ2v) is 5.91. The van der Waals surface area contributed by atoms with Gasteiger partial charge in [0.15, 0.2) is 23.3 Å². The summed E-state index contributed by atoms with van der Waals surface area (Å²) in [6.07, 6.45) is -0.821. The van der Waals surface area contributed by atoms with E-state index in [1.165, 1.54) is 12.1 Å². The van der Waals surface area contributed by atoms with Crippen LogP contribution in [0.3, 0.4) is 0 Å². The molecule has 0 amide bonds. The van der Waals surface area contributed by atoms with E-state index in [4.69, 9.17) is 5.14 Å². The summed E-state index contributed by atoms with van der Waals surface area (Å²) in [6, 6.07) is 4.88. The smallest absolute Gasteiger partial charge is 0.225 e. The van der Waals surface area contributed by atoms with E-state index in [9.17, 15) is 30.4 Å². The summed E-state index contributed by atoms with van der Waals surface area (Å²) in [7, 11) is -4.21. The minimum Gasteiger partial charge on any atom is -0.225 e. The second-order valence-electron chi connectivity index (χ2n) is 4.38. The third-order valence-electron chi connectivity index (χ3n) is 2.95. The molecule has 0 aromatic heterocycles. The number of primary sulfonamides is 1. The van der Waals surface area contributed by atoms with Crippen molar-refractivity contribution in [2.75, 3.05) is 0 Å². The van der Waals surface area contributed by atoms with Crippen molar-refractivity contribution in [3.8, 4) is 0 Å². The van der Waals surface area contributed by atoms with Crippen LogP contribution in [0.25, 0.3) is 0 Å². The molecule has 0 radical (unpaired) electrons. The van der Waals surface area contributed by atoms with Crippen molar-refractivity contribution >= 4 is 10.0 Å². The highest BCUT2D eigenvalue weighted by Crippen LogP contribution is 2.26. The van der Waals surface area contributed by atoms with Crippen molar-refractivity contribution in [2.45, 2.75) is 11.3 Å². The number of hydrogen-bond donors (Lipinski definition) is 1.